The van der Waals surface area contributed by atoms with Crippen molar-refractivity contribution in [1.82, 2.24) is 5.32 Å². The molecule has 1 aliphatic rings. The van der Waals surface area contributed by atoms with Gasteiger partial charge in [0, 0.05) is 12.1 Å². The number of rotatable bonds is 5. The smallest absolute Gasteiger partial charge is 0.258 e. The van der Waals surface area contributed by atoms with Crippen LogP contribution in [0.4, 0.5) is 0 Å². The van der Waals surface area contributed by atoms with Crippen LogP contribution < -0.4 is 15.8 Å². The topological polar surface area (TPSA) is 64.3 Å². The quantitative estimate of drug-likeness (QED) is 0.833. The van der Waals surface area contributed by atoms with Crippen molar-refractivity contribution in [3.63, 3.8) is 0 Å². The van der Waals surface area contributed by atoms with Crippen molar-refractivity contribution in [2.75, 3.05) is 6.61 Å². The van der Waals surface area contributed by atoms with Gasteiger partial charge in [0.15, 0.2) is 6.61 Å². The molecule has 18 heavy (non-hydrogen) atoms. The van der Waals surface area contributed by atoms with Crippen LogP contribution in [0.1, 0.15) is 36.9 Å². The second-order valence-electron chi connectivity index (χ2n) is 4.94. The molecule has 0 spiro atoms. The van der Waals surface area contributed by atoms with Crippen LogP contribution in [-0.2, 0) is 4.79 Å². The molecule has 1 amide bonds. The fraction of sp³-hybridized carbons (Fsp3) is 0.500. The van der Waals surface area contributed by atoms with Crippen molar-refractivity contribution < 1.29 is 9.53 Å². The number of hydrogen-bond acceptors (Lipinski definition) is 3. The van der Waals surface area contributed by atoms with Crippen LogP contribution in [0.3, 0.4) is 0 Å². The van der Waals surface area contributed by atoms with E-state index in [2.05, 4.69) is 5.32 Å². The van der Waals surface area contributed by atoms with Gasteiger partial charge in [-0.15, -0.1) is 0 Å². The highest BCUT2D eigenvalue weighted by atomic mass is 16.5. The molecule has 0 saturated heterocycles. The molecular weight excluding hydrogens is 228 g/mol. The second kappa shape index (κ2) is 5.40. The van der Waals surface area contributed by atoms with E-state index in [0.717, 1.165) is 29.7 Å². The number of nitrogens with one attached hydrogen (secondary N) is 1. The van der Waals surface area contributed by atoms with Crippen LogP contribution in [0.5, 0.6) is 5.75 Å². The first-order valence-corrected chi connectivity index (χ1v) is 6.34. The average molecular weight is 248 g/mol. The summed E-state index contributed by atoms with van der Waals surface area (Å²) in [6, 6.07) is 6.20. The minimum Gasteiger partial charge on any atom is -0.484 e. The van der Waals surface area contributed by atoms with Crippen molar-refractivity contribution in [3.05, 3.63) is 29.3 Å². The third kappa shape index (κ3) is 3.47. The normalized spacial score (nSPS) is 16.2. The first-order valence-electron chi connectivity index (χ1n) is 6.34. The van der Waals surface area contributed by atoms with E-state index in [0.29, 0.717) is 6.04 Å². The van der Waals surface area contributed by atoms with Crippen molar-refractivity contribution in [1.29, 1.82) is 0 Å². The summed E-state index contributed by atoms with van der Waals surface area (Å²) < 4.78 is 5.51. The van der Waals surface area contributed by atoms with Gasteiger partial charge in [0.25, 0.3) is 5.91 Å². The molecule has 1 saturated carbocycles. The molecule has 1 aliphatic carbocycles. The molecule has 4 nitrogen and oxygen atoms in total. The molecule has 1 aromatic carbocycles. The standard InChI is InChI=1S/C14H20N2O2/c1-9-7-11(10(2)15)3-6-13(9)18-8-14(17)16-12-4-5-12/h3,6-7,10,12H,4-5,8,15H2,1-2H3,(H,16,17). The minimum absolute atomic E-state index is 0.0101. The number of carbonyl (C=O) groups is 1. The van der Waals surface area contributed by atoms with Crippen molar-refractivity contribution >= 4 is 5.91 Å². The molecule has 3 N–H and O–H groups in total. The van der Waals surface area contributed by atoms with E-state index in [-0.39, 0.29) is 18.6 Å². The Hall–Kier alpha value is -1.55. The van der Waals surface area contributed by atoms with Crippen LogP contribution in [0.15, 0.2) is 18.2 Å². The molecule has 0 radical (unpaired) electrons. The first kappa shape index (κ1) is 12.9. The SMILES string of the molecule is Cc1cc(C(C)N)ccc1OCC(=O)NC1CC1. The number of carbonyl (C=O) groups excluding carboxylic acids is 1. The van der Waals surface area contributed by atoms with Gasteiger partial charge in [-0.25, -0.2) is 0 Å². The third-order valence-corrected chi connectivity index (χ3v) is 3.03. The Balaban J connectivity index is 1.90. The summed E-state index contributed by atoms with van der Waals surface area (Å²) >= 11 is 0. The van der Waals surface area contributed by atoms with Gasteiger partial charge in [-0.3, -0.25) is 4.79 Å². The van der Waals surface area contributed by atoms with Gasteiger partial charge in [0.05, 0.1) is 0 Å². The van der Waals surface area contributed by atoms with Crippen molar-refractivity contribution in [2.24, 2.45) is 5.73 Å². The maximum atomic E-state index is 11.5. The first-order chi connectivity index (χ1) is 8.56. The summed E-state index contributed by atoms with van der Waals surface area (Å²) in [5, 5.41) is 2.89. The Morgan fingerprint density at radius 1 is 1.56 bits per heavy atom. The van der Waals surface area contributed by atoms with Crippen LogP contribution in [0.25, 0.3) is 0 Å². The molecule has 1 aromatic rings. The molecule has 1 fully saturated rings. The van der Waals surface area contributed by atoms with E-state index in [1.165, 1.54) is 0 Å². The maximum absolute atomic E-state index is 11.5. The Kier molecular flexibility index (Phi) is 3.87. The lowest BCUT2D eigenvalue weighted by Crippen LogP contribution is -2.30. The Morgan fingerprint density at radius 2 is 2.28 bits per heavy atom. The van der Waals surface area contributed by atoms with E-state index < -0.39 is 0 Å². The third-order valence-electron chi connectivity index (χ3n) is 3.03. The van der Waals surface area contributed by atoms with Gasteiger partial charge in [0.1, 0.15) is 5.75 Å². The molecule has 0 heterocycles. The maximum Gasteiger partial charge on any atom is 0.258 e. The lowest BCUT2D eigenvalue weighted by Gasteiger charge is -2.12. The zero-order valence-electron chi connectivity index (χ0n) is 10.9. The summed E-state index contributed by atoms with van der Waals surface area (Å²) in [5.41, 5.74) is 7.89. The lowest BCUT2D eigenvalue weighted by molar-refractivity contribution is -0.123. The molecule has 0 aromatic heterocycles. The van der Waals surface area contributed by atoms with Crippen molar-refractivity contribution in [2.45, 2.75) is 38.8 Å². The predicted molar refractivity (Wildman–Crippen MR) is 70.4 cm³/mol. The molecule has 0 aliphatic heterocycles. The van der Waals surface area contributed by atoms with Gasteiger partial charge >= 0.3 is 0 Å². The average Bonchev–Trinajstić information content (AvgIpc) is 3.11. The zero-order valence-corrected chi connectivity index (χ0v) is 10.9. The molecule has 4 heteroatoms. The molecule has 1 unspecified atom stereocenters. The predicted octanol–water partition coefficient (Wildman–Crippen LogP) is 1.67. The molecule has 1 atom stereocenters. The van der Waals surface area contributed by atoms with Gasteiger partial charge in [-0.05, 0) is 43.9 Å². The Labute approximate surface area is 108 Å². The minimum atomic E-state index is -0.0480. The summed E-state index contributed by atoms with van der Waals surface area (Å²) in [4.78, 5) is 11.5. The molecule has 2 rings (SSSR count). The summed E-state index contributed by atoms with van der Waals surface area (Å²) in [6.45, 7) is 3.98. The van der Waals surface area contributed by atoms with Crippen LogP contribution in [0, 0.1) is 6.92 Å². The number of aryl methyl sites for hydroxylation is 1. The van der Waals surface area contributed by atoms with E-state index in [1.54, 1.807) is 0 Å². The van der Waals surface area contributed by atoms with Crippen molar-refractivity contribution in [3.8, 4) is 5.75 Å². The second-order valence-corrected chi connectivity index (χ2v) is 4.94. The van der Waals surface area contributed by atoms with Gasteiger partial charge in [0.2, 0.25) is 0 Å². The largest absolute Gasteiger partial charge is 0.484 e. The highest BCUT2D eigenvalue weighted by molar-refractivity contribution is 5.78. The monoisotopic (exact) mass is 248 g/mol. The Morgan fingerprint density at radius 3 is 2.83 bits per heavy atom. The summed E-state index contributed by atoms with van der Waals surface area (Å²) in [7, 11) is 0. The zero-order chi connectivity index (χ0) is 13.1. The van der Waals surface area contributed by atoms with E-state index in [9.17, 15) is 4.79 Å². The van der Waals surface area contributed by atoms with E-state index in [1.807, 2.05) is 32.0 Å². The fourth-order valence-corrected chi connectivity index (χ4v) is 1.76. The van der Waals surface area contributed by atoms with E-state index in [4.69, 9.17) is 10.5 Å². The highest BCUT2D eigenvalue weighted by Crippen LogP contribution is 2.22. The summed E-state index contributed by atoms with van der Waals surface area (Å²) in [5.74, 6) is 0.693. The molecule has 98 valence electrons. The number of nitrogens with two attached hydrogens (primary N) is 1. The fourth-order valence-electron chi connectivity index (χ4n) is 1.76. The van der Waals surface area contributed by atoms with Gasteiger partial charge in [-0.1, -0.05) is 12.1 Å². The highest BCUT2D eigenvalue weighted by Gasteiger charge is 2.23. The number of benzene rings is 1. The summed E-state index contributed by atoms with van der Waals surface area (Å²) in [6.07, 6.45) is 2.18. The van der Waals surface area contributed by atoms with Gasteiger partial charge in [-0.2, -0.15) is 0 Å². The molecule has 0 bridgehead atoms. The van der Waals surface area contributed by atoms with Crippen LogP contribution in [-0.4, -0.2) is 18.6 Å². The van der Waals surface area contributed by atoms with E-state index >= 15 is 0 Å². The number of ether oxygens (including phenoxy) is 1. The van der Waals surface area contributed by atoms with Gasteiger partial charge < -0.3 is 15.8 Å². The van der Waals surface area contributed by atoms with Crippen LogP contribution in [0.2, 0.25) is 0 Å². The molecular formula is C14H20N2O2. The van der Waals surface area contributed by atoms with Crippen LogP contribution >= 0.6 is 0 Å². The number of amides is 1. The lowest BCUT2D eigenvalue weighted by atomic mass is 10.1. The number of hydrogen-bond donors (Lipinski definition) is 2. The Bertz CT molecular complexity index is 439.